The van der Waals surface area contributed by atoms with Crippen LogP contribution in [0, 0.1) is 0 Å². The van der Waals surface area contributed by atoms with Crippen LogP contribution < -0.4 is 5.32 Å². The molecule has 0 heterocycles. The minimum absolute atomic E-state index is 0. The van der Waals surface area contributed by atoms with Gasteiger partial charge in [0.25, 0.3) is 0 Å². The zero-order valence-electron chi connectivity index (χ0n) is 10.4. The molecule has 1 atom stereocenters. The van der Waals surface area contributed by atoms with E-state index in [2.05, 4.69) is 5.32 Å². The summed E-state index contributed by atoms with van der Waals surface area (Å²) in [5.74, 6) is 0. The molecular formula is C9H23N3O2S2. The fourth-order valence-electron chi connectivity index (χ4n) is 0.829. The summed E-state index contributed by atoms with van der Waals surface area (Å²) in [5, 5.41) is 5.11. The summed E-state index contributed by atoms with van der Waals surface area (Å²) in [6, 6.07) is -0.0803. The quantitative estimate of drug-likeness (QED) is 0.287. The molecule has 98 valence electrons. The molecule has 0 aromatic carbocycles. The summed E-state index contributed by atoms with van der Waals surface area (Å²) in [6.07, 6.45) is 0.901. The van der Waals surface area contributed by atoms with Gasteiger partial charge in [0.2, 0.25) is 0 Å². The lowest BCUT2D eigenvalue weighted by molar-refractivity contribution is -0.109. The van der Waals surface area contributed by atoms with Crippen molar-refractivity contribution in [3.05, 3.63) is 0 Å². The number of carbonyl (C=O) groups is 1. The second kappa shape index (κ2) is 11.7. The molecule has 0 aliphatic carbocycles. The number of aldehydes is 1. The lowest BCUT2D eigenvalue weighted by Crippen LogP contribution is -2.39. The summed E-state index contributed by atoms with van der Waals surface area (Å²) < 4.78 is 7.10. The first-order valence-electron chi connectivity index (χ1n) is 5.04. The van der Waals surface area contributed by atoms with Gasteiger partial charge in [-0.3, -0.25) is 0 Å². The normalized spacial score (nSPS) is 12.6. The topological polar surface area (TPSA) is 44.8 Å². The van der Waals surface area contributed by atoms with E-state index in [4.69, 9.17) is 4.18 Å². The van der Waals surface area contributed by atoms with Crippen LogP contribution in [0.3, 0.4) is 0 Å². The molecule has 5 nitrogen and oxygen atoms in total. The van der Waals surface area contributed by atoms with E-state index in [1.54, 1.807) is 0 Å². The molecule has 0 bridgehead atoms. The molecule has 7 heteroatoms. The summed E-state index contributed by atoms with van der Waals surface area (Å²) in [7, 11) is 3.91. The van der Waals surface area contributed by atoms with Crippen LogP contribution in [0.1, 0.15) is 13.8 Å². The third kappa shape index (κ3) is 9.44. The van der Waals surface area contributed by atoms with Crippen molar-refractivity contribution in [1.82, 2.24) is 14.7 Å². The van der Waals surface area contributed by atoms with E-state index in [1.807, 2.05) is 37.4 Å². The molecule has 1 unspecified atom stereocenters. The van der Waals surface area contributed by atoms with Crippen molar-refractivity contribution >= 4 is 32.0 Å². The lowest BCUT2D eigenvalue weighted by Gasteiger charge is -2.26. The molecule has 0 aromatic rings. The Morgan fingerprint density at radius 1 is 1.50 bits per heavy atom. The van der Waals surface area contributed by atoms with E-state index in [9.17, 15) is 4.79 Å². The van der Waals surface area contributed by atoms with Gasteiger partial charge < -0.3 is 14.3 Å². The van der Waals surface area contributed by atoms with Gasteiger partial charge in [0, 0.05) is 27.2 Å². The Bertz CT molecular complexity index is 175. The van der Waals surface area contributed by atoms with E-state index in [-0.39, 0.29) is 19.5 Å². The molecule has 16 heavy (non-hydrogen) atoms. The molecule has 0 aromatic heterocycles. The first-order valence-corrected chi connectivity index (χ1v) is 5.74. The van der Waals surface area contributed by atoms with Crippen molar-refractivity contribution in [2.75, 3.05) is 33.8 Å². The number of hydrogen-bond donors (Lipinski definition) is 1. The van der Waals surface area contributed by atoms with Crippen molar-refractivity contribution in [3.63, 3.8) is 0 Å². The molecule has 0 aliphatic heterocycles. The SMILES string of the molecule is CCOSN(C)N(C)CCNC(C)C=O.S. The molecule has 1 N–H and O–H groups in total. The summed E-state index contributed by atoms with van der Waals surface area (Å²) in [5.41, 5.74) is 0. The Morgan fingerprint density at radius 3 is 2.62 bits per heavy atom. The predicted molar refractivity (Wildman–Crippen MR) is 73.5 cm³/mol. The van der Waals surface area contributed by atoms with Gasteiger partial charge in [0.05, 0.1) is 24.9 Å². The Kier molecular flexibility index (Phi) is 13.6. The van der Waals surface area contributed by atoms with Crippen LogP contribution >= 0.6 is 25.7 Å². The van der Waals surface area contributed by atoms with Crippen molar-refractivity contribution in [2.45, 2.75) is 19.9 Å². The predicted octanol–water partition coefficient (Wildman–Crippen LogP) is 0.655. The van der Waals surface area contributed by atoms with Gasteiger partial charge in [-0.05, 0) is 13.8 Å². The maximum atomic E-state index is 10.3. The van der Waals surface area contributed by atoms with E-state index >= 15 is 0 Å². The number of nitrogens with one attached hydrogen (secondary N) is 1. The first-order chi connectivity index (χ1) is 7.11. The van der Waals surface area contributed by atoms with E-state index in [0.717, 1.165) is 19.4 Å². The second-order valence-electron chi connectivity index (χ2n) is 3.21. The third-order valence-corrected chi connectivity index (χ3v) is 2.70. The van der Waals surface area contributed by atoms with Gasteiger partial charge in [0.1, 0.15) is 6.29 Å². The van der Waals surface area contributed by atoms with Crippen LogP contribution in [0.5, 0.6) is 0 Å². The largest absolute Gasteiger partial charge is 0.307 e. The van der Waals surface area contributed by atoms with Crippen molar-refractivity contribution in [1.29, 1.82) is 0 Å². The molecule has 0 radical (unpaired) electrons. The zero-order valence-corrected chi connectivity index (χ0v) is 12.2. The smallest absolute Gasteiger partial charge is 0.136 e. The fraction of sp³-hybridized carbons (Fsp3) is 0.889. The monoisotopic (exact) mass is 269 g/mol. The molecule has 0 amide bonds. The highest BCUT2D eigenvalue weighted by Gasteiger charge is 2.07. The van der Waals surface area contributed by atoms with Crippen molar-refractivity contribution in [3.8, 4) is 0 Å². The highest BCUT2D eigenvalue weighted by molar-refractivity contribution is 7.92. The van der Waals surface area contributed by atoms with E-state index in [1.165, 1.54) is 12.2 Å². The van der Waals surface area contributed by atoms with Crippen molar-refractivity contribution < 1.29 is 8.98 Å². The fourth-order valence-corrected chi connectivity index (χ4v) is 1.28. The molecule has 0 rings (SSSR count). The summed E-state index contributed by atoms with van der Waals surface area (Å²) >= 11 is 1.31. The molecule has 0 aliphatic rings. The highest BCUT2D eigenvalue weighted by atomic mass is 32.2. The number of hydrazine groups is 1. The van der Waals surface area contributed by atoms with Crippen LogP contribution in [-0.4, -0.2) is 55.5 Å². The van der Waals surface area contributed by atoms with Crippen LogP contribution in [-0.2, 0) is 8.98 Å². The molecule has 0 spiro atoms. The second-order valence-corrected chi connectivity index (χ2v) is 4.12. The van der Waals surface area contributed by atoms with Gasteiger partial charge in [-0.25, -0.2) is 5.01 Å². The van der Waals surface area contributed by atoms with Gasteiger partial charge in [0.15, 0.2) is 0 Å². The Labute approximate surface area is 110 Å². The summed E-state index contributed by atoms with van der Waals surface area (Å²) in [6.45, 7) is 6.07. The maximum Gasteiger partial charge on any atom is 0.136 e. The first kappa shape index (κ1) is 18.6. The zero-order chi connectivity index (χ0) is 11.7. The van der Waals surface area contributed by atoms with Gasteiger partial charge >= 0.3 is 0 Å². The number of rotatable bonds is 9. The lowest BCUT2D eigenvalue weighted by atomic mass is 10.4. The minimum atomic E-state index is -0.0803. The number of likely N-dealkylation sites (N-methyl/N-ethyl adjacent to an activating group) is 1. The van der Waals surface area contributed by atoms with E-state index < -0.39 is 0 Å². The number of carbonyl (C=O) groups excluding carboxylic acids is 1. The maximum absolute atomic E-state index is 10.3. The van der Waals surface area contributed by atoms with Crippen LogP contribution in [0.2, 0.25) is 0 Å². The molecule has 0 fully saturated rings. The molecular weight excluding hydrogens is 246 g/mol. The molecule has 0 saturated carbocycles. The van der Waals surface area contributed by atoms with E-state index in [0.29, 0.717) is 6.61 Å². The standard InChI is InChI=1S/C9H21N3O2S.H2S/c1-5-14-15-12(4)11(3)7-6-10-9(2)8-13;/h8-10H,5-7H2,1-4H3;1H2. The molecule has 0 saturated heterocycles. The average molecular weight is 269 g/mol. The van der Waals surface area contributed by atoms with Crippen LogP contribution in [0.25, 0.3) is 0 Å². The van der Waals surface area contributed by atoms with Gasteiger partial charge in [-0.15, -0.1) is 0 Å². The minimum Gasteiger partial charge on any atom is -0.307 e. The number of nitrogens with zero attached hydrogens (tertiary/aromatic N) is 2. The van der Waals surface area contributed by atoms with Crippen molar-refractivity contribution in [2.24, 2.45) is 0 Å². The highest BCUT2D eigenvalue weighted by Crippen LogP contribution is 2.09. The average Bonchev–Trinajstić information content (AvgIpc) is 2.25. The van der Waals surface area contributed by atoms with Crippen LogP contribution in [0.15, 0.2) is 0 Å². The summed E-state index contributed by atoms with van der Waals surface area (Å²) in [4.78, 5) is 10.3. The Morgan fingerprint density at radius 2 is 2.12 bits per heavy atom. The van der Waals surface area contributed by atoms with Gasteiger partial charge in [-0.2, -0.15) is 17.9 Å². The third-order valence-electron chi connectivity index (χ3n) is 1.87. The Balaban J connectivity index is 0. The van der Waals surface area contributed by atoms with Crippen LogP contribution in [0.4, 0.5) is 0 Å². The van der Waals surface area contributed by atoms with Gasteiger partial charge in [-0.1, -0.05) is 0 Å². The Hall–Kier alpha value is 0.210. The number of hydrogen-bond acceptors (Lipinski definition) is 6.